The van der Waals surface area contributed by atoms with Crippen molar-refractivity contribution in [2.45, 2.75) is 38.5 Å². The fraction of sp³-hybridized carbons (Fsp3) is 0.391. The van der Waals surface area contributed by atoms with E-state index in [1.165, 1.54) is 11.1 Å². The third kappa shape index (κ3) is 5.28. The Morgan fingerprint density at radius 2 is 1.72 bits per heavy atom. The van der Waals surface area contributed by atoms with Crippen LogP contribution < -0.4 is 19.6 Å². The molecular formula is C23H28N2O4. The molecule has 2 aromatic rings. The highest BCUT2D eigenvalue weighted by Gasteiger charge is 2.19. The average Bonchev–Trinajstić information content (AvgIpc) is 2.77. The summed E-state index contributed by atoms with van der Waals surface area (Å²) in [5, 5.41) is 4.41. The van der Waals surface area contributed by atoms with E-state index in [0.29, 0.717) is 12.2 Å². The summed E-state index contributed by atoms with van der Waals surface area (Å²) < 4.78 is 16.0. The van der Waals surface area contributed by atoms with Gasteiger partial charge >= 0.3 is 0 Å². The molecule has 0 saturated carbocycles. The molecule has 29 heavy (non-hydrogen) atoms. The molecule has 0 unspecified atom stereocenters. The second-order valence-electron chi connectivity index (χ2n) is 7.01. The maximum absolute atomic E-state index is 12.2. The first-order valence-corrected chi connectivity index (χ1v) is 9.88. The summed E-state index contributed by atoms with van der Waals surface area (Å²) in [7, 11) is 4.90. The number of amides is 1. The second kappa shape index (κ2) is 9.96. The highest BCUT2D eigenvalue weighted by molar-refractivity contribution is 6.03. The van der Waals surface area contributed by atoms with Crippen LogP contribution in [0.2, 0.25) is 0 Å². The predicted octanol–water partition coefficient (Wildman–Crippen LogP) is 3.89. The molecule has 1 N–H and O–H groups in total. The Morgan fingerprint density at radius 1 is 1.00 bits per heavy atom. The van der Waals surface area contributed by atoms with Gasteiger partial charge in [0.25, 0.3) is 0 Å². The van der Waals surface area contributed by atoms with Gasteiger partial charge in [0, 0.05) is 12.0 Å². The van der Waals surface area contributed by atoms with Crippen LogP contribution >= 0.6 is 0 Å². The number of rotatable bonds is 8. The van der Waals surface area contributed by atoms with Gasteiger partial charge in [-0.25, -0.2) is 5.43 Å². The van der Waals surface area contributed by atoms with Crippen molar-refractivity contribution < 1.29 is 19.0 Å². The highest BCUT2D eigenvalue weighted by atomic mass is 16.5. The van der Waals surface area contributed by atoms with E-state index < -0.39 is 0 Å². The van der Waals surface area contributed by atoms with Crippen molar-refractivity contribution in [2.75, 3.05) is 21.3 Å². The summed E-state index contributed by atoms with van der Waals surface area (Å²) >= 11 is 0. The zero-order valence-corrected chi connectivity index (χ0v) is 17.3. The Kier molecular flexibility index (Phi) is 7.11. The van der Waals surface area contributed by atoms with Crippen LogP contribution in [0, 0.1) is 0 Å². The largest absolute Gasteiger partial charge is 0.497 e. The highest BCUT2D eigenvalue weighted by Crippen LogP contribution is 2.34. The number of nitrogens with one attached hydrogen (secondary N) is 1. The first kappa shape index (κ1) is 20.7. The van der Waals surface area contributed by atoms with E-state index in [1.54, 1.807) is 21.3 Å². The van der Waals surface area contributed by atoms with E-state index in [0.717, 1.165) is 54.9 Å². The van der Waals surface area contributed by atoms with Gasteiger partial charge in [0.05, 0.1) is 27.0 Å². The zero-order valence-electron chi connectivity index (χ0n) is 17.3. The number of benzene rings is 2. The van der Waals surface area contributed by atoms with Gasteiger partial charge in [0.15, 0.2) is 11.5 Å². The molecule has 6 heteroatoms. The summed E-state index contributed by atoms with van der Waals surface area (Å²) in [6.07, 6.45) is 4.83. The number of nitrogens with zero attached hydrogens (tertiary/aromatic N) is 1. The second-order valence-corrected chi connectivity index (χ2v) is 7.01. The average molecular weight is 396 g/mol. The summed E-state index contributed by atoms with van der Waals surface area (Å²) in [5.41, 5.74) is 6.98. The number of hydrogen-bond donors (Lipinski definition) is 1. The van der Waals surface area contributed by atoms with Gasteiger partial charge < -0.3 is 14.2 Å². The predicted molar refractivity (Wildman–Crippen MR) is 113 cm³/mol. The van der Waals surface area contributed by atoms with Crippen molar-refractivity contribution in [3.05, 3.63) is 53.1 Å². The number of aryl methyl sites for hydroxylation is 2. The lowest BCUT2D eigenvalue weighted by Crippen LogP contribution is -2.22. The van der Waals surface area contributed by atoms with E-state index in [2.05, 4.69) is 10.5 Å². The van der Waals surface area contributed by atoms with Crippen molar-refractivity contribution in [3.63, 3.8) is 0 Å². The van der Waals surface area contributed by atoms with Crippen LogP contribution in [0.5, 0.6) is 17.2 Å². The molecular weight excluding hydrogens is 368 g/mol. The van der Waals surface area contributed by atoms with Gasteiger partial charge in [0.2, 0.25) is 5.91 Å². The third-order valence-corrected chi connectivity index (χ3v) is 5.12. The molecule has 1 aliphatic rings. The monoisotopic (exact) mass is 396 g/mol. The molecule has 6 nitrogen and oxygen atoms in total. The van der Waals surface area contributed by atoms with E-state index in [4.69, 9.17) is 14.2 Å². The minimum Gasteiger partial charge on any atom is -0.497 e. The third-order valence-electron chi connectivity index (χ3n) is 5.12. The number of ether oxygens (including phenoxy) is 3. The van der Waals surface area contributed by atoms with Crippen LogP contribution in [0.4, 0.5) is 0 Å². The lowest BCUT2D eigenvalue weighted by molar-refractivity contribution is -0.121. The van der Waals surface area contributed by atoms with Gasteiger partial charge in [-0.2, -0.15) is 5.10 Å². The molecule has 0 spiro atoms. The summed E-state index contributed by atoms with van der Waals surface area (Å²) in [6.45, 7) is 0. The Bertz CT molecular complexity index is 875. The van der Waals surface area contributed by atoms with Gasteiger partial charge in [0.1, 0.15) is 5.75 Å². The maximum atomic E-state index is 12.2. The van der Waals surface area contributed by atoms with E-state index in [9.17, 15) is 4.79 Å². The van der Waals surface area contributed by atoms with E-state index in [-0.39, 0.29) is 5.91 Å². The van der Waals surface area contributed by atoms with E-state index in [1.807, 2.05) is 36.4 Å². The van der Waals surface area contributed by atoms with Crippen LogP contribution in [0.25, 0.3) is 0 Å². The Hall–Kier alpha value is -3.02. The maximum Gasteiger partial charge on any atom is 0.240 e. The van der Waals surface area contributed by atoms with Crippen molar-refractivity contribution in [1.29, 1.82) is 0 Å². The molecule has 0 saturated heterocycles. The summed E-state index contributed by atoms with van der Waals surface area (Å²) in [4.78, 5) is 12.2. The molecule has 2 aromatic carbocycles. The molecule has 0 aliphatic heterocycles. The van der Waals surface area contributed by atoms with Gasteiger partial charge in [-0.1, -0.05) is 12.1 Å². The fourth-order valence-electron chi connectivity index (χ4n) is 3.52. The lowest BCUT2D eigenvalue weighted by atomic mass is 9.89. The molecule has 0 atom stereocenters. The Labute approximate surface area is 171 Å². The van der Waals surface area contributed by atoms with E-state index >= 15 is 0 Å². The quantitative estimate of drug-likeness (QED) is 0.688. The minimum absolute atomic E-state index is 0.0707. The van der Waals surface area contributed by atoms with Crippen molar-refractivity contribution in [3.8, 4) is 17.2 Å². The number of methoxy groups -OCH3 is 3. The zero-order chi connectivity index (χ0) is 20.6. The Morgan fingerprint density at radius 3 is 2.41 bits per heavy atom. The minimum atomic E-state index is -0.0707. The molecule has 154 valence electrons. The van der Waals surface area contributed by atoms with Crippen LogP contribution in [0.1, 0.15) is 42.4 Å². The van der Waals surface area contributed by atoms with Crippen LogP contribution in [-0.4, -0.2) is 32.9 Å². The molecule has 0 aromatic heterocycles. The molecule has 1 amide bonds. The molecule has 0 fully saturated rings. The molecule has 0 bridgehead atoms. The van der Waals surface area contributed by atoms with Crippen molar-refractivity contribution in [1.82, 2.24) is 5.43 Å². The normalized spacial score (nSPS) is 14.2. The standard InChI is InChI=1S/C23H28N2O4/c1-27-18-12-10-16(11-13-18)6-4-9-23(26)25-24-20-8-5-7-17-14-21(28-2)22(29-3)15-19(17)20/h10-15H,4-9H2,1-3H3,(H,25,26)/b24-20-. The van der Waals surface area contributed by atoms with Crippen LogP contribution in [0.15, 0.2) is 41.5 Å². The fourth-order valence-corrected chi connectivity index (χ4v) is 3.52. The topological polar surface area (TPSA) is 69.2 Å². The van der Waals surface area contributed by atoms with Crippen LogP contribution in [-0.2, 0) is 17.6 Å². The number of carbonyl (C=O) groups excluding carboxylic acids is 1. The molecule has 3 rings (SSSR count). The molecule has 1 aliphatic carbocycles. The molecule has 0 radical (unpaired) electrons. The Balaban J connectivity index is 1.58. The smallest absolute Gasteiger partial charge is 0.240 e. The number of hydrazone groups is 1. The summed E-state index contributed by atoms with van der Waals surface area (Å²) in [5.74, 6) is 2.16. The number of carbonyl (C=O) groups is 1. The number of hydrogen-bond acceptors (Lipinski definition) is 5. The van der Waals surface area contributed by atoms with Crippen molar-refractivity contribution >= 4 is 11.6 Å². The first-order valence-electron chi connectivity index (χ1n) is 9.88. The van der Waals surface area contributed by atoms with Gasteiger partial charge in [-0.3, -0.25) is 4.79 Å². The lowest BCUT2D eigenvalue weighted by Gasteiger charge is -2.20. The van der Waals surface area contributed by atoms with Crippen LogP contribution in [0.3, 0.4) is 0 Å². The number of fused-ring (bicyclic) bond motifs is 1. The van der Waals surface area contributed by atoms with Gasteiger partial charge in [-0.05, 0) is 67.5 Å². The summed E-state index contributed by atoms with van der Waals surface area (Å²) in [6, 6.07) is 11.9. The molecule has 0 heterocycles. The SMILES string of the molecule is COc1ccc(CCCC(=O)N/N=C2/CCCc3cc(OC)c(OC)cc32)cc1. The van der Waals surface area contributed by atoms with Gasteiger partial charge in [-0.15, -0.1) is 0 Å². The first-order chi connectivity index (χ1) is 14.1. The van der Waals surface area contributed by atoms with Crippen molar-refractivity contribution in [2.24, 2.45) is 5.10 Å².